The maximum Gasteiger partial charge on any atom is 0.239 e. The van der Waals surface area contributed by atoms with Crippen molar-refractivity contribution in [2.75, 3.05) is 17.7 Å². The second-order valence-corrected chi connectivity index (χ2v) is 6.27. The van der Waals surface area contributed by atoms with Crippen molar-refractivity contribution in [3.05, 3.63) is 53.3 Å². The molecule has 2 rings (SSSR count). The van der Waals surface area contributed by atoms with Gasteiger partial charge in [0.2, 0.25) is 11.8 Å². The molecule has 0 unspecified atom stereocenters. The van der Waals surface area contributed by atoms with Gasteiger partial charge in [-0.15, -0.1) is 0 Å². The van der Waals surface area contributed by atoms with Gasteiger partial charge in [-0.05, 0) is 44.2 Å². The highest BCUT2D eigenvalue weighted by molar-refractivity contribution is 6.31. The van der Waals surface area contributed by atoms with Gasteiger partial charge in [0, 0.05) is 5.69 Å². The van der Waals surface area contributed by atoms with Gasteiger partial charge in [0.15, 0.2) is 0 Å². The Morgan fingerprint density at radius 2 is 1.72 bits per heavy atom. The van der Waals surface area contributed by atoms with Gasteiger partial charge >= 0.3 is 0 Å². The van der Waals surface area contributed by atoms with Crippen LogP contribution in [0.5, 0.6) is 5.75 Å². The Labute approximate surface area is 150 Å². The van der Waals surface area contributed by atoms with Crippen LogP contribution in [0, 0.1) is 11.2 Å². The number of methoxy groups -OCH3 is 1. The normalized spacial score (nSPS) is 10.9. The first kappa shape index (κ1) is 18.7. The number of anilines is 2. The third-order valence-corrected chi connectivity index (χ3v) is 3.96. The molecule has 2 N–H and O–H groups in total. The summed E-state index contributed by atoms with van der Waals surface area (Å²) in [5, 5.41) is 5.12. The molecule has 0 bridgehead atoms. The number of amides is 2. The number of carbonyl (C=O) groups excluding carboxylic acids is 2. The van der Waals surface area contributed by atoms with Crippen LogP contribution in [0.3, 0.4) is 0 Å². The molecule has 0 aliphatic heterocycles. The number of rotatable bonds is 5. The van der Waals surface area contributed by atoms with Gasteiger partial charge in [-0.2, -0.15) is 0 Å². The van der Waals surface area contributed by atoms with Crippen LogP contribution in [0.4, 0.5) is 15.8 Å². The first-order chi connectivity index (χ1) is 11.8. The maximum absolute atomic E-state index is 13.2. The van der Waals surface area contributed by atoms with E-state index in [1.54, 1.807) is 24.3 Å². The van der Waals surface area contributed by atoms with Crippen LogP contribution in [0.25, 0.3) is 0 Å². The molecule has 0 fully saturated rings. The van der Waals surface area contributed by atoms with Crippen LogP contribution in [-0.4, -0.2) is 18.9 Å². The number of hydrogen-bond donors (Lipinski definition) is 2. The first-order valence-corrected chi connectivity index (χ1v) is 7.84. The highest BCUT2D eigenvalue weighted by Crippen LogP contribution is 2.27. The Hall–Kier alpha value is -2.60. The minimum Gasteiger partial charge on any atom is -0.495 e. The van der Waals surface area contributed by atoms with Crippen molar-refractivity contribution in [3.8, 4) is 5.75 Å². The Bertz CT molecular complexity index is 809. The first-order valence-electron chi connectivity index (χ1n) is 7.46. The fraction of sp³-hybridized carbons (Fsp3) is 0.222. The van der Waals surface area contributed by atoms with Crippen LogP contribution in [-0.2, 0) is 9.59 Å². The van der Waals surface area contributed by atoms with Crippen LogP contribution >= 0.6 is 11.6 Å². The van der Waals surface area contributed by atoms with Crippen molar-refractivity contribution >= 4 is 34.8 Å². The summed E-state index contributed by atoms with van der Waals surface area (Å²) in [6.45, 7) is 2.97. The van der Waals surface area contributed by atoms with E-state index in [-0.39, 0.29) is 5.02 Å². The van der Waals surface area contributed by atoms with Crippen molar-refractivity contribution in [3.63, 3.8) is 0 Å². The van der Waals surface area contributed by atoms with Gasteiger partial charge in [-0.1, -0.05) is 23.7 Å². The molecule has 7 heteroatoms. The molecular formula is C18H18ClFN2O3. The fourth-order valence-electron chi connectivity index (χ4n) is 1.99. The number of para-hydroxylation sites is 2. The highest BCUT2D eigenvalue weighted by atomic mass is 35.5. The molecule has 0 aromatic heterocycles. The van der Waals surface area contributed by atoms with Crippen molar-refractivity contribution < 1.29 is 18.7 Å². The van der Waals surface area contributed by atoms with Gasteiger partial charge in [-0.25, -0.2) is 4.39 Å². The fourth-order valence-corrected chi connectivity index (χ4v) is 2.17. The van der Waals surface area contributed by atoms with E-state index in [4.69, 9.17) is 16.3 Å². The summed E-state index contributed by atoms with van der Waals surface area (Å²) in [6, 6.07) is 10.7. The summed E-state index contributed by atoms with van der Waals surface area (Å²) >= 11 is 5.70. The summed E-state index contributed by atoms with van der Waals surface area (Å²) < 4.78 is 18.4. The largest absolute Gasteiger partial charge is 0.495 e. The summed E-state index contributed by atoms with van der Waals surface area (Å²) in [4.78, 5) is 25.0. The quantitative estimate of drug-likeness (QED) is 0.785. The van der Waals surface area contributed by atoms with Crippen LogP contribution < -0.4 is 15.4 Å². The smallest absolute Gasteiger partial charge is 0.239 e. The topological polar surface area (TPSA) is 67.4 Å². The van der Waals surface area contributed by atoms with Gasteiger partial charge < -0.3 is 15.4 Å². The van der Waals surface area contributed by atoms with E-state index in [0.717, 1.165) is 6.07 Å². The van der Waals surface area contributed by atoms with Crippen LogP contribution in [0.1, 0.15) is 13.8 Å². The molecule has 0 radical (unpaired) electrons. The average molecular weight is 365 g/mol. The number of benzene rings is 2. The number of nitrogens with one attached hydrogen (secondary N) is 2. The Balaban J connectivity index is 2.14. The summed E-state index contributed by atoms with van der Waals surface area (Å²) in [6.07, 6.45) is 0. The predicted molar refractivity (Wildman–Crippen MR) is 95.4 cm³/mol. The minimum atomic E-state index is -1.39. The molecule has 0 spiro atoms. The lowest BCUT2D eigenvalue weighted by atomic mass is 9.90. The average Bonchev–Trinajstić information content (AvgIpc) is 2.58. The highest BCUT2D eigenvalue weighted by Gasteiger charge is 2.36. The van der Waals surface area contributed by atoms with Gasteiger partial charge in [-0.3, -0.25) is 9.59 Å². The number of carbonyl (C=O) groups is 2. The van der Waals surface area contributed by atoms with Crippen molar-refractivity contribution in [2.45, 2.75) is 13.8 Å². The predicted octanol–water partition coefficient (Wildman–Crippen LogP) is 4.09. The van der Waals surface area contributed by atoms with Crippen LogP contribution in [0.2, 0.25) is 5.02 Å². The van der Waals surface area contributed by atoms with E-state index in [9.17, 15) is 14.0 Å². The lowest BCUT2D eigenvalue weighted by Crippen LogP contribution is -2.41. The molecule has 0 aliphatic rings. The Morgan fingerprint density at radius 1 is 1.08 bits per heavy atom. The minimum absolute atomic E-state index is 0.117. The molecule has 0 aliphatic carbocycles. The Morgan fingerprint density at radius 3 is 2.36 bits per heavy atom. The zero-order chi connectivity index (χ0) is 18.6. The summed E-state index contributed by atoms with van der Waals surface area (Å²) in [7, 11) is 1.49. The SMILES string of the molecule is COc1ccccc1NC(=O)C(C)(C)C(=O)Nc1ccc(F)c(Cl)c1. The molecule has 2 amide bonds. The molecule has 0 atom stereocenters. The lowest BCUT2D eigenvalue weighted by Gasteiger charge is -2.23. The van der Waals surface area contributed by atoms with E-state index in [0.29, 0.717) is 17.1 Å². The molecule has 132 valence electrons. The molecular weight excluding hydrogens is 347 g/mol. The summed E-state index contributed by atoms with van der Waals surface area (Å²) in [5.41, 5.74) is -0.628. The van der Waals surface area contributed by atoms with Gasteiger partial charge in [0.05, 0.1) is 17.8 Å². The monoisotopic (exact) mass is 364 g/mol. The van der Waals surface area contributed by atoms with Crippen molar-refractivity contribution in [1.82, 2.24) is 0 Å². The molecule has 5 nitrogen and oxygen atoms in total. The molecule has 2 aromatic carbocycles. The standard InChI is InChI=1S/C18H18ClFN2O3/c1-18(2,16(23)21-11-8-9-13(20)12(19)10-11)17(24)22-14-6-4-5-7-15(14)25-3/h4-10H,1-3H3,(H,21,23)(H,22,24). The Kier molecular flexibility index (Phi) is 5.64. The number of hydrogen-bond acceptors (Lipinski definition) is 3. The van der Waals surface area contributed by atoms with E-state index >= 15 is 0 Å². The van der Waals surface area contributed by atoms with E-state index in [1.807, 2.05) is 0 Å². The van der Waals surface area contributed by atoms with E-state index in [2.05, 4.69) is 10.6 Å². The third-order valence-electron chi connectivity index (χ3n) is 3.67. The molecule has 0 saturated heterocycles. The lowest BCUT2D eigenvalue weighted by molar-refractivity contribution is -0.135. The second-order valence-electron chi connectivity index (χ2n) is 5.86. The van der Waals surface area contributed by atoms with Gasteiger partial charge in [0.25, 0.3) is 0 Å². The van der Waals surface area contributed by atoms with Gasteiger partial charge in [0.1, 0.15) is 17.0 Å². The van der Waals surface area contributed by atoms with Crippen molar-refractivity contribution in [2.24, 2.45) is 5.41 Å². The molecule has 25 heavy (non-hydrogen) atoms. The molecule has 2 aromatic rings. The van der Waals surface area contributed by atoms with E-state index < -0.39 is 23.0 Å². The molecule has 0 heterocycles. The van der Waals surface area contributed by atoms with Crippen molar-refractivity contribution in [1.29, 1.82) is 0 Å². The zero-order valence-corrected chi connectivity index (χ0v) is 14.8. The molecule has 0 saturated carbocycles. The second kappa shape index (κ2) is 7.53. The van der Waals surface area contributed by atoms with Crippen LogP contribution in [0.15, 0.2) is 42.5 Å². The summed E-state index contributed by atoms with van der Waals surface area (Å²) in [5.74, 6) is -1.17. The van der Waals surface area contributed by atoms with E-state index in [1.165, 1.54) is 33.1 Å². The maximum atomic E-state index is 13.2. The number of ether oxygens (including phenoxy) is 1. The third kappa shape index (κ3) is 4.28. The number of halogens is 2. The zero-order valence-electron chi connectivity index (χ0n) is 14.0.